The van der Waals surface area contributed by atoms with Crippen LogP contribution in [-0.4, -0.2) is 38.6 Å². The number of hydrogen-bond donors (Lipinski definition) is 0. The third-order valence-corrected chi connectivity index (χ3v) is 4.31. The van der Waals surface area contributed by atoms with Crippen LogP contribution < -0.4 is 4.74 Å². The highest BCUT2D eigenvalue weighted by molar-refractivity contribution is 5.28. The van der Waals surface area contributed by atoms with Crippen molar-refractivity contribution in [1.82, 2.24) is 24.9 Å². The van der Waals surface area contributed by atoms with Gasteiger partial charge in [-0.25, -0.2) is 4.98 Å². The second kappa shape index (κ2) is 7.02. The molecule has 2 atom stereocenters. The van der Waals surface area contributed by atoms with Crippen LogP contribution in [0.4, 0.5) is 0 Å². The summed E-state index contributed by atoms with van der Waals surface area (Å²) in [5, 5.41) is 8.35. The third kappa shape index (κ3) is 3.39. The third-order valence-electron chi connectivity index (χ3n) is 4.31. The largest absolute Gasteiger partial charge is 0.481 e. The lowest BCUT2D eigenvalue weighted by atomic mass is 10.0. The monoisotopic (exact) mass is 341 g/mol. The second-order valence-corrected chi connectivity index (χ2v) is 5.97. The van der Waals surface area contributed by atoms with Crippen molar-refractivity contribution < 1.29 is 14.0 Å². The molecule has 4 rings (SSSR count). The molecular formula is C17H19N5O3. The molecule has 3 aromatic heterocycles. The number of methoxy groups -OCH3 is 1. The van der Waals surface area contributed by atoms with E-state index in [0.29, 0.717) is 30.6 Å². The van der Waals surface area contributed by atoms with Crippen molar-refractivity contribution in [2.75, 3.05) is 13.7 Å². The van der Waals surface area contributed by atoms with Crippen LogP contribution in [0.5, 0.6) is 5.88 Å². The van der Waals surface area contributed by atoms with Gasteiger partial charge in [0.1, 0.15) is 6.10 Å². The topological polar surface area (TPSA) is 88.1 Å². The van der Waals surface area contributed by atoms with Crippen molar-refractivity contribution in [2.24, 2.45) is 5.92 Å². The zero-order valence-electron chi connectivity index (χ0n) is 13.9. The number of pyridine rings is 1. The number of hydrogen-bond acceptors (Lipinski definition) is 7. The molecule has 0 amide bonds. The standard InChI is InChI=1S/C17H19N5O3/c1-23-16-12(4-2-6-18-16)10-14-20-17(25-21-14)15-13(5-9-24-15)11-22-8-3-7-19-22/h2-4,6-8,13,15H,5,9-11H2,1H3/t13-,15-/m0/s1. The lowest BCUT2D eigenvalue weighted by Crippen LogP contribution is -2.15. The first-order valence-electron chi connectivity index (χ1n) is 8.23. The van der Waals surface area contributed by atoms with Crippen molar-refractivity contribution in [3.05, 3.63) is 54.1 Å². The first-order valence-corrected chi connectivity index (χ1v) is 8.23. The SMILES string of the molecule is COc1ncccc1Cc1noc([C@H]2OCC[C@H]2Cn2cccn2)n1. The molecule has 0 saturated carbocycles. The summed E-state index contributed by atoms with van der Waals surface area (Å²) in [5.41, 5.74) is 0.915. The molecule has 130 valence electrons. The van der Waals surface area contributed by atoms with Crippen molar-refractivity contribution in [2.45, 2.75) is 25.5 Å². The minimum Gasteiger partial charge on any atom is -0.481 e. The highest BCUT2D eigenvalue weighted by atomic mass is 16.5. The van der Waals surface area contributed by atoms with Crippen molar-refractivity contribution >= 4 is 0 Å². The molecule has 1 aliphatic rings. The maximum absolute atomic E-state index is 5.83. The first kappa shape index (κ1) is 15.8. The Morgan fingerprint density at radius 1 is 1.32 bits per heavy atom. The zero-order chi connectivity index (χ0) is 17.1. The van der Waals surface area contributed by atoms with Crippen LogP contribution in [0.3, 0.4) is 0 Å². The molecule has 0 N–H and O–H groups in total. The van der Waals surface area contributed by atoms with Crippen molar-refractivity contribution in [3.63, 3.8) is 0 Å². The molecule has 25 heavy (non-hydrogen) atoms. The van der Waals surface area contributed by atoms with E-state index < -0.39 is 0 Å². The molecule has 3 aromatic rings. The van der Waals surface area contributed by atoms with Gasteiger partial charge in [0.05, 0.1) is 7.11 Å². The van der Waals surface area contributed by atoms with Gasteiger partial charge in [0.15, 0.2) is 5.82 Å². The van der Waals surface area contributed by atoms with Gasteiger partial charge < -0.3 is 14.0 Å². The number of aromatic nitrogens is 5. The van der Waals surface area contributed by atoms with E-state index in [9.17, 15) is 0 Å². The summed E-state index contributed by atoms with van der Waals surface area (Å²) in [6, 6.07) is 5.71. The van der Waals surface area contributed by atoms with E-state index >= 15 is 0 Å². The molecule has 1 aliphatic heterocycles. The fraction of sp³-hybridized carbons (Fsp3) is 0.412. The van der Waals surface area contributed by atoms with E-state index in [1.165, 1.54) is 0 Å². The molecule has 0 bridgehead atoms. The van der Waals surface area contributed by atoms with Crippen LogP contribution in [0.15, 0.2) is 41.3 Å². The average molecular weight is 341 g/mol. The molecule has 1 fully saturated rings. The van der Waals surface area contributed by atoms with Gasteiger partial charge in [0.25, 0.3) is 5.89 Å². The molecule has 8 heteroatoms. The minimum atomic E-state index is -0.193. The van der Waals surface area contributed by atoms with Gasteiger partial charge in [0.2, 0.25) is 5.88 Å². The molecule has 4 heterocycles. The van der Waals surface area contributed by atoms with Gasteiger partial charge in [-0.3, -0.25) is 4.68 Å². The molecule has 0 radical (unpaired) electrons. The Hall–Kier alpha value is -2.74. The van der Waals surface area contributed by atoms with Gasteiger partial charge >= 0.3 is 0 Å². The minimum absolute atomic E-state index is 0.193. The van der Waals surface area contributed by atoms with E-state index in [1.54, 1.807) is 19.5 Å². The number of nitrogens with zero attached hydrogens (tertiary/aromatic N) is 5. The zero-order valence-corrected chi connectivity index (χ0v) is 13.9. The van der Waals surface area contributed by atoms with Crippen LogP contribution >= 0.6 is 0 Å². The Kier molecular flexibility index (Phi) is 4.43. The van der Waals surface area contributed by atoms with E-state index in [0.717, 1.165) is 18.5 Å². The summed E-state index contributed by atoms with van der Waals surface area (Å²) >= 11 is 0. The molecular weight excluding hydrogens is 322 g/mol. The molecule has 0 aliphatic carbocycles. The Morgan fingerprint density at radius 2 is 2.28 bits per heavy atom. The van der Waals surface area contributed by atoms with Gasteiger partial charge in [-0.2, -0.15) is 10.1 Å². The highest BCUT2D eigenvalue weighted by Gasteiger charge is 2.34. The second-order valence-electron chi connectivity index (χ2n) is 5.97. The lowest BCUT2D eigenvalue weighted by molar-refractivity contribution is 0.0578. The normalized spacial score (nSPS) is 20.0. The summed E-state index contributed by atoms with van der Waals surface area (Å²) in [7, 11) is 1.60. The average Bonchev–Trinajstić information content (AvgIpc) is 3.38. The van der Waals surface area contributed by atoms with Crippen LogP contribution in [-0.2, 0) is 17.7 Å². The van der Waals surface area contributed by atoms with E-state index in [1.807, 2.05) is 29.1 Å². The van der Waals surface area contributed by atoms with Crippen molar-refractivity contribution in [1.29, 1.82) is 0 Å². The van der Waals surface area contributed by atoms with Crippen LogP contribution in [0.25, 0.3) is 0 Å². The van der Waals surface area contributed by atoms with Crippen LogP contribution in [0.2, 0.25) is 0 Å². The van der Waals surface area contributed by atoms with E-state index in [4.69, 9.17) is 14.0 Å². The Bertz CT molecular complexity index is 817. The summed E-state index contributed by atoms with van der Waals surface area (Å²) in [4.78, 5) is 8.72. The van der Waals surface area contributed by atoms with Crippen molar-refractivity contribution in [3.8, 4) is 5.88 Å². The van der Waals surface area contributed by atoms with Crippen LogP contribution in [0, 0.1) is 5.92 Å². The highest BCUT2D eigenvalue weighted by Crippen LogP contribution is 2.34. The lowest BCUT2D eigenvalue weighted by Gasteiger charge is -2.14. The van der Waals surface area contributed by atoms with Crippen LogP contribution in [0.1, 0.15) is 29.8 Å². The smallest absolute Gasteiger partial charge is 0.256 e. The quantitative estimate of drug-likeness (QED) is 0.678. The summed E-state index contributed by atoms with van der Waals surface area (Å²) in [6.07, 6.45) is 6.66. The summed E-state index contributed by atoms with van der Waals surface area (Å²) in [5.74, 6) is 1.95. The van der Waals surface area contributed by atoms with E-state index in [2.05, 4.69) is 20.2 Å². The van der Waals surface area contributed by atoms with Gasteiger partial charge in [-0.1, -0.05) is 11.2 Å². The van der Waals surface area contributed by atoms with Gasteiger partial charge in [-0.15, -0.1) is 0 Å². The van der Waals surface area contributed by atoms with Gasteiger partial charge in [-0.05, 0) is 18.6 Å². The molecule has 0 unspecified atom stereocenters. The van der Waals surface area contributed by atoms with Gasteiger partial charge in [0, 0.05) is 49.6 Å². The fourth-order valence-electron chi connectivity index (χ4n) is 3.11. The number of rotatable bonds is 6. The Balaban J connectivity index is 1.48. The maximum atomic E-state index is 5.83. The molecule has 8 nitrogen and oxygen atoms in total. The predicted octanol–water partition coefficient (Wildman–Crippen LogP) is 2.04. The fourth-order valence-corrected chi connectivity index (χ4v) is 3.11. The predicted molar refractivity (Wildman–Crippen MR) is 86.9 cm³/mol. The molecule has 0 spiro atoms. The Morgan fingerprint density at radius 3 is 3.12 bits per heavy atom. The molecule has 0 aromatic carbocycles. The first-order chi connectivity index (χ1) is 12.3. The summed E-state index contributed by atoms with van der Waals surface area (Å²) < 4.78 is 18.5. The number of ether oxygens (including phenoxy) is 2. The Labute approximate surface area is 144 Å². The van der Waals surface area contributed by atoms with E-state index in [-0.39, 0.29) is 12.0 Å². The maximum Gasteiger partial charge on any atom is 0.256 e. The summed E-state index contributed by atoms with van der Waals surface area (Å²) in [6.45, 7) is 1.45. The molecule has 1 saturated heterocycles.